The minimum Gasteiger partial charge on any atom is -0.344 e. The molecule has 3 nitrogen and oxygen atoms in total. The normalized spacial score (nSPS) is 35.3. The molecule has 0 aromatic carbocycles. The highest BCUT2D eigenvalue weighted by Crippen LogP contribution is 2.28. The highest BCUT2D eigenvalue weighted by atomic mass is 19.4. The van der Waals surface area contributed by atoms with Crippen LogP contribution < -0.4 is 5.32 Å². The Balaban J connectivity index is 1.93. The molecule has 3 rings (SSSR count). The van der Waals surface area contributed by atoms with Gasteiger partial charge in [-0.05, 0) is 31.8 Å². The summed E-state index contributed by atoms with van der Waals surface area (Å²) < 4.78 is 36.1. The fraction of sp³-hybridized carbons (Fsp3) is 0.889. The van der Waals surface area contributed by atoms with Crippen molar-refractivity contribution in [3.05, 3.63) is 0 Å². The molecule has 1 amide bonds. The number of amides is 1. The van der Waals surface area contributed by atoms with E-state index in [0.29, 0.717) is 6.54 Å². The second-order valence-corrected chi connectivity index (χ2v) is 4.22. The van der Waals surface area contributed by atoms with Crippen LogP contribution in [0.4, 0.5) is 13.2 Å². The molecule has 0 radical (unpaired) electrons. The summed E-state index contributed by atoms with van der Waals surface area (Å²) in [6.45, 7) is 2.46. The van der Waals surface area contributed by atoms with Crippen LogP contribution in [0.3, 0.4) is 0 Å². The number of rotatable bonds is 1. The van der Waals surface area contributed by atoms with Gasteiger partial charge in [-0.25, -0.2) is 0 Å². The fourth-order valence-electron chi connectivity index (χ4n) is 2.38. The molecule has 3 aliphatic heterocycles. The fourth-order valence-corrected chi connectivity index (χ4v) is 2.38. The predicted molar refractivity (Wildman–Crippen MR) is 47.1 cm³/mol. The van der Waals surface area contributed by atoms with Crippen molar-refractivity contribution in [1.29, 1.82) is 0 Å². The summed E-state index contributed by atoms with van der Waals surface area (Å²) in [5, 5.41) is 2.08. The largest absolute Gasteiger partial charge is 0.471 e. The Morgan fingerprint density at radius 3 is 2.27 bits per heavy atom. The van der Waals surface area contributed by atoms with Crippen molar-refractivity contribution < 1.29 is 18.0 Å². The molecule has 3 aliphatic rings. The molecule has 0 saturated carbocycles. The van der Waals surface area contributed by atoms with Crippen molar-refractivity contribution in [2.45, 2.75) is 25.1 Å². The third-order valence-corrected chi connectivity index (χ3v) is 3.23. The van der Waals surface area contributed by atoms with E-state index >= 15 is 0 Å². The first-order chi connectivity index (χ1) is 6.97. The van der Waals surface area contributed by atoms with E-state index in [1.807, 2.05) is 0 Å². The standard InChI is InChI=1S/C9H13F3N2O/c10-9(11,12)8(15)13-7-5-14-3-1-6(7)2-4-14/h6-7H,1-5H2,(H,13,15). The summed E-state index contributed by atoms with van der Waals surface area (Å²) in [4.78, 5) is 12.9. The zero-order valence-electron chi connectivity index (χ0n) is 8.18. The molecule has 3 fully saturated rings. The predicted octanol–water partition coefficient (Wildman–Crippen LogP) is 0.759. The topological polar surface area (TPSA) is 32.3 Å². The highest BCUT2D eigenvalue weighted by Gasteiger charge is 2.43. The molecule has 1 atom stereocenters. The summed E-state index contributed by atoms with van der Waals surface area (Å²) in [7, 11) is 0. The van der Waals surface area contributed by atoms with E-state index in [-0.39, 0.29) is 12.0 Å². The van der Waals surface area contributed by atoms with Gasteiger partial charge in [0.25, 0.3) is 0 Å². The van der Waals surface area contributed by atoms with Crippen LogP contribution in [0.25, 0.3) is 0 Å². The van der Waals surface area contributed by atoms with Gasteiger partial charge < -0.3 is 10.2 Å². The molecule has 15 heavy (non-hydrogen) atoms. The Morgan fingerprint density at radius 1 is 1.27 bits per heavy atom. The van der Waals surface area contributed by atoms with Gasteiger partial charge in [0.1, 0.15) is 0 Å². The minimum atomic E-state index is -4.76. The third-order valence-electron chi connectivity index (χ3n) is 3.23. The van der Waals surface area contributed by atoms with Crippen LogP contribution >= 0.6 is 0 Å². The number of carbonyl (C=O) groups is 1. The number of nitrogens with one attached hydrogen (secondary N) is 1. The van der Waals surface area contributed by atoms with E-state index in [1.54, 1.807) is 0 Å². The number of carbonyl (C=O) groups excluding carboxylic acids is 1. The molecule has 3 heterocycles. The Labute approximate surface area is 85.6 Å². The van der Waals surface area contributed by atoms with Crippen molar-refractivity contribution in [1.82, 2.24) is 10.2 Å². The molecule has 2 bridgehead atoms. The van der Waals surface area contributed by atoms with Gasteiger partial charge in [-0.15, -0.1) is 0 Å². The van der Waals surface area contributed by atoms with Gasteiger partial charge in [-0.3, -0.25) is 4.79 Å². The Kier molecular flexibility index (Phi) is 2.62. The number of alkyl halides is 3. The van der Waals surface area contributed by atoms with Crippen LogP contribution in [0.5, 0.6) is 0 Å². The van der Waals surface area contributed by atoms with E-state index in [4.69, 9.17) is 0 Å². The van der Waals surface area contributed by atoms with Gasteiger partial charge in [0, 0.05) is 12.6 Å². The molecule has 3 saturated heterocycles. The Hall–Kier alpha value is -0.780. The second-order valence-electron chi connectivity index (χ2n) is 4.22. The van der Waals surface area contributed by atoms with Gasteiger partial charge in [0.15, 0.2) is 0 Å². The number of piperidine rings is 3. The first-order valence-electron chi connectivity index (χ1n) is 5.07. The van der Waals surface area contributed by atoms with Crippen LogP contribution in [0.2, 0.25) is 0 Å². The smallest absolute Gasteiger partial charge is 0.344 e. The first kappa shape index (κ1) is 10.7. The van der Waals surface area contributed by atoms with Crippen molar-refractivity contribution in [2.75, 3.05) is 19.6 Å². The summed E-state index contributed by atoms with van der Waals surface area (Å²) in [5.41, 5.74) is 0. The molecule has 0 spiro atoms. The molecule has 0 aromatic heterocycles. The molecular weight excluding hydrogens is 209 g/mol. The maximum Gasteiger partial charge on any atom is 0.471 e. The lowest BCUT2D eigenvalue weighted by molar-refractivity contribution is -0.175. The number of hydrogen-bond acceptors (Lipinski definition) is 2. The Bertz CT molecular complexity index is 259. The lowest BCUT2D eigenvalue weighted by Crippen LogP contribution is -2.58. The lowest BCUT2D eigenvalue weighted by atomic mass is 9.84. The number of fused-ring (bicyclic) bond motifs is 3. The van der Waals surface area contributed by atoms with Crippen LogP contribution in [0, 0.1) is 5.92 Å². The maximum absolute atomic E-state index is 12.0. The quantitative estimate of drug-likeness (QED) is 0.710. The van der Waals surface area contributed by atoms with Crippen LogP contribution in [-0.4, -0.2) is 42.7 Å². The van der Waals surface area contributed by atoms with Gasteiger partial charge >= 0.3 is 12.1 Å². The maximum atomic E-state index is 12.0. The zero-order valence-corrected chi connectivity index (χ0v) is 8.18. The highest BCUT2D eigenvalue weighted by molar-refractivity contribution is 5.82. The summed E-state index contributed by atoms with van der Waals surface area (Å²) in [5.74, 6) is -1.58. The van der Waals surface area contributed by atoms with Gasteiger partial charge in [0.2, 0.25) is 0 Å². The SMILES string of the molecule is O=C(NC1CN2CCC1CC2)C(F)(F)F. The number of hydrogen-bond donors (Lipinski definition) is 1. The summed E-state index contributed by atoms with van der Waals surface area (Å²) >= 11 is 0. The Morgan fingerprint density at radius 2 is 1.87 bits per heavy atom. The molecule has 1 unspecified atom stereocenters. The zero-order chi connectivity index (χ0) is 11.1. The lowest BCUT2D eigenvalue weighted by Gasteiger charge is -2.44. The average Bonchev–Trinajstić information content (AvgIpc) is 2.18. The van der Waals surface area contributed by atoms with Crippen LogP contribution in [0.1, 0.15) is 12.8 Å². The second kappa shape index (κ2) is 3.66. The van der Waals surface area contributed by atoms with E-state index in [1.165, 1.54) is 0 Å². The van der Waals surface area contributed by atoms with Crippen molar-refractivity contribution in [3.8, 4) is 0 Å². The third kappa shape index (κ3) is 2.25. The molecule has 0 aromatic rings. The summed E-state index contributed by atoms with van der Waals surface area (Å²) in [6, 6.07) is -0.318. The van der Waals surface area contributed by atoms with E-state index in [2.05, 4.69) is 10.2 Å². The van der Waals surface area contributed by atoms with Gasteiger partial charge in [0.05, 0.1) is 0 Å². The van der Waals surface area contributed by atoms with Crippen molar-refractivity contribution in [2.24, 2.45) is 5.92 Å². The molecule has 6 heteroatoms. The summed E-state index contributed by atoms with van der Waals surface area (Å²) in [6.07, 6.45) is -2.97. The van der Waals surface area contributed by atoms with E-state index in [0.717, 1.165) is 25.9 Å². The van der Waals surface area contributed by atoms with Gasteiger partial charge in [-0.1, -0.05) is 0 Å². The van der Waals surface area contributed by atoms with E-state index in [9.17, 15) is 18.0 Å². The number of halogens is 3. The van der Waals surface area contributed by atoms with Gasteiger partial charge in [-0.2, -0.15) is 13.2 Å². The molecule has 86 valence electrons. The monoisotopic (exact) mass is 222 g/mol. The first-order valence-corrected chi connectivity index (χ1v) is 5.07. The van der Waals surface area contributed by atoms with Crippen molar-refractivity contribution >= 4 is 5.91 Å². The van der Waals surface area contributed by atoms with Crippen LogP contribution in [0.15, 0.2) is 0 Å². The molecule has 1 N–H and O–H groups in total. The molecular formula is C9H13F3N2O. The molecule has 0 aliphatic carbocycles. The van der Waals surface area contributed by atoms with E-state index < -0.39 is 12.1 Å². The minimum absolute atomic E-state index is 0.223. The van der Waals surface area contributed by atoms with Crippen molar-refractivity contribution in [3.63, 3.8) is 0 Å². The average molecular weight is 222 g/mol. The van der Waals surface area contributed by atoms with Crippen LogP contribution in [-0.2, 0) is 4.79 Å². The number of nitrogens with zero attached hydrogens (tertiary/aromatic N) is 1.